The second kappa shape index (κ2) is 5.69. The summed E-state index contributed by atoms with van der Waals surface area (Å²) in [5, 5.41) is 4.06. The van der Waals surface area contributed by atoms with Crippen LogP contribution in [0.25, 0.3) is 0 Å². The van der Waals surface area contributed by atoms with Gasteiger partial charge >= 0.3 is 0 Å². The molecule has 1 aromatic heterocycles. The van der Waals surface area contributed by atoms with E-state index in [0.717, 1.165) is 11.1 Å². The van der Waals surface area contributed by atoms with Gasteiger partial charge in [0.2, 0.25) is 12.5 Å². The lowest BCUT2D eigenvalue weighted by Gasteiger charge is -2.13. The van der Waals surface area contributed by atoms with Gasteiger partial charge in [-0.25, -0.2) is 0 Å². The lowest BCUT2D eigenvalue weighted by atomic mass is 10.0. The number of hydrogen-bond acceptors (Lipinski definition) is 5. The van der Waals surface area contributed by atoms with E-state index in [2.05, 4.69) is 0 Å². The molecule has 0 fully saturated rings. The standard InChI is InChI=1S/C13H13NO3S.ClH/c1-15-10-4-9(5-11-13(10)17-7-16-11)12(14)8-2-3-18-6-8;/h2-6,12H,7,14H2,1H3;1H/t12-;/m0./s1. The summed E-state index contributed by atoms with van der Waals surface area (Å²) in [6.45, 7) is 0.225. The molecule has 102 valence electrons. The maximum absolute atomic E-state index is 6.23. The molecule has 1 aromatic carbocycles. The van der Waals surface area contributed by atoms with Crippen LogP contribution in [0.15, 0.2) is 29.0 Å². The number of halogens is 1. The predicted molar refractivity (Wildman–Crippen MR) is 76.7 cm³/mol. The monoisotopic (exact) mass is 299 g/mol. The lowest BCUT2D eigenvalue weighted by molar-refractivity contribution is 0.171. The van der Waals surface area contributed by atoms with Crippen LogP contribution >= 0.6 is 23.7 Å². The molecule has 0 aliphatic carbocycles. The van der Waals surface area contributed by atoms with Gasteiger partial charge in [-0.1, -0.05) is 0 Å². The summed E-state index contributed by atoms with van der Waals surface area (Å²) in [7, 11) is 1.61. The molecule has 2 N–H and O–H groups in total. The van der Waals surface area contributed by atoms with Crippen molar-refractivity contribution in [2.75, 3.05) is 13.9 Å². The average Bonchev–Trinajstić information content (AvgIpc) is 3.07. The van der Waals surface area contributed by atoms with Gasteiger partial charge in [0.1, 0.15) is 0 Å². The van der Waals surface area contributed by atoms with Gasteiger partial charge in [-0.15, -0.1) is 12.4 Å². The normalized spacial score (nSPS) is 13.8. The highest BCUT2D eigenvalue weighted by atomic mass is 35.5. The molecule has 2 heterocycles. The van der Waals surface area contributed by atoms with Crippen molar-refractivity contribution < 1.29 is 14.2 Å². The second-order valence-electron chi connectivity index (χ2n) is 3.99. The van der Waals surface area contributed by atoms with Gasteiger partial charge in [-0.05, 0) is 40.1 Å². The van der Waals surface area contributed by atoms with Crippen molar-refractivity contribution in [2.45, 2.75) is 6.04 Å². The molecule has 1 atom stereocenters. The van der Waals surface area contributed by atoms with E-state index in [-0.39, 0.29) is 25.2 Å². The third kappa shape index (κ3) is 2.49. The molecule has 0 bridgehead atoms. The van der Waals surface area contributed by atoms with Crippen molar-refractivity contribution in [1.29, 1.82) is 0 Å². The lowest BCUT2D eigenvalue weighted by Crippen LogP contribution is -2.11. The van der Waals surface area contributed by atoms with Crippen LogP contribution in [-0.2, 0) is 0 Å². The van der Waals surface area contributed by atoms with E-state index >= 15 is 0 Å². The Morgan fingerprint density at radius 3 is 2.84 bits per heavy atom. The fourth-order valence-corrected chi connectivity index (χ4v) is 2.67. The Labute approximate surface area is 121 Å². The molecule has 6 heteroatoms. The van der Waals surface area contributed by atoms with Crippen molar-refractivity contribution in [1.82, 2.24) is 0 Å². The zero-order valence-electron chi connectivity index (χ0n) is 10.3. The highest BCUT2D eigenvalue weighted by Gasteiger charge is 2.22. The van der Waals surface area contributed by atoms with Crippen LogP contribution in [0.4, 0.5) is 0 Å². The molecule has 3 rings (SSSR count). The highest BCUT2D eigenvalue weighted by molar-refractivity contribution is 7.08. The molecule has 0 spiro atoms. The van der Waals surface area contributed by atoms with Gasteiger partial charge in [-0.2, -0.15) is 11.3 Å². The Morgan fingerprint density at radius 1 is 1.32 bits per heavy atom. The first kappa shape index (κ1) is 14.0. The van der Waals surface area contributed by atoms with E-state index in [1.165, 1.54) is 0 Å². The molecule has 0 unspecified atom stereocenters. The first-order chi connectivity index (χ1) is 8.79. The SMILES string of the molecule is COc1cc([C@@H](N)c2ccsc2)cc2c1OCO2.Cl. The van der Waals surface area contributed by atoms with Crippen molar-refractivity contribution >= 4 is 23.7 Å². The fraction of sp³-hybridized carbons (Fsp3) is 0.231. The molecule has 0 saturated heterocycles. The Balaban J connectivity index is 0.00000133. The maximum Gasteiger partial charge on any atom is 0.231 e. The van der Waals surface area contributed by atoms with Gasteiger partial charge in [0.25, 0.3) is 0 Å². The van der Waals surface area contributed by atoms with Crippen LogP contribution in [0.2, 0.25) is 0 Å². The Bertz CT molecular complexity index is 559. The molecule has 1 aliphatic heterocycles. The molecule has 0 radical (unpaired) electrons. The summed E-state index contributed by atoms with van der Waals surface area (Å²) in [5.74, 6) is 2.00. The molecule has 0 saturated carbocycles. The van der Waals surface area contributed by atoms with E-state index < -0.39 is 0 Å². The predicted octanol–water partition coefficient (Wildman–Crippen LogP) is 2.96. The molecule has 0 amide bonds. The third-order valence-electron chi connectivity index (χ3n) is 2.94. The minimum atomic E-state index is -0.181. The number of nitrogens with two attached hydrogens (primary N) is 1. The zero-order valence-corrected chi connectivity index (χ0v) is 11.9. The average molecular weight is 300 g/mol. The fourth-order valence-electron chi connectivity index (χ4n) is 1.97. The van der Waals surface area contributed by atoms with Gasteiger partial charge in [0.05, 0.1) is 13.2 Å². The summed E-state index contributed by atoms with van der Waals surface area (Å²) in [6.07, 6.45) is 0. The van der Waals surface area contributed by atoms with Crippen molar-refractivity contribution in [3.05, 3.63) is 40.1 Å². The minimum absolute atomic E-state index is 0. The summed E-state index contributed by atoms with van der Waals surface area (Å²) in [6, 6.07) is 5.65. The minimum Gasteiger partial charge on any atom is -0.493 e. The van der Waals surface area contributed by atoms with E-state index in [4.69, 9.17) is 19.9 Å². The van der Waals surface area contributed by atoms with E-state index in [1.54, 1.807) is 18.4 Å². The van der Waals surface area contributed by atoms with Crippen LogP contribution in [0, 0.1) is 0 Å². The first-order valence-electron chi connectivity index (χ1n) is 5.55. The largest absolute Gasteiger partial charge is 0.493 e. The number of benzene rings is 1. The van der Waals surface area contributed by atoms with E-state index in [9.17, 15) is 0 Å². The Kier molecular flexibility index (Phi) is 4.19. The van der Waals surface area contributed by atoms with E-state index in [1.807, 2.05) is 29.0 Å². The molecular formula is C13H14ClNO3S. The van der Waals surface area contributed by atoms with Crippen LogP contribution in [-0.4, -0.2) is 13.9 Å². The van der Waals surface area contributed by atoms with Crippen molar-refractivity contribution in [3.63, 3.8) is 0 Å². The van der Waals surface area contributed by atoms with Crippen LogP contribution in [0.3, 0.4) is 0 Å². The van der Waals surface area contributed by atoms with Crippen LogP contribution in [0.5, 0.6) is 17.2 Å². The summed E-state index contributed by atoms with van der Waals surface area (Å²) in [5.41, 5.74) is 8.27. The Hall–Kier alpha value is -1.43. The highest BCUT2D eigenvalue weighted by Crippen LogP contribution is 2.43. The molecule has 4 nitrogen and oxygen atoms in total. The van der Waals surface area contributed by atoms with Gasteiger partial charge in [0.15, 0.2) is 11.5 Å². The molecule has 1 aliphatic rings. The molecule has 2 aromatic rings. The van der Waals surface area contributed by atoms with Crippen molar-refractivity contribution in [2.24, 2.45) is 5.73 Å². The second-order valence-corrected chi connectivity index (χ2v) is 4.77. The topological polar surface area (TPSA) is 53.7 Å². The number of fused-ring (bicyclic) bond motifs is 1. The quantitative estimate of drug-likeness (QED) is 0.947. The number of rotatable bonds is 3. The number of methoxy groups -OCH3 is 1. The first-order valence-corrected chi connectivity index (χ1v) is 6.49. The maximum atomic E-state index is 6.23. The van der Waals surface area contributed by atoms with E-state index in [0.29, 0.717) is 17.2 Å². The summed E-state index contributed by atoms with van der Waals surface area (Å²) >= 11 is 1.63. The molecular weight excluding hydrogens is 286 g/mol. The van der Waals surface area contributed by atoms with Crippen LogP contribution < -0.4 is 19.9 Å². The smallest absolute Gasteiger partial charge is 0.231 e. The van der Waals surface area contributed by atoms with Gasteiger partial charge in [-0.3, -0.25) is 0 Å². The molecule has 19 heavy (non-hydrogen) atoms. The number of ether oxygens (including phenoxy) is 3. The summed E-state index contributed by atoms with van der Waals surface area (Å²) < 4.78 is 16.1. The number of thiophene rings is 1. The van der Waals surface area contributed by atoms with Gasteiger partial charge in [0, 0.05) is 0 Å². The van der Waals surface area contributed by atoms with Gasteiger partial charge < -0.3 is 19.9 Å². The Morgan fingerprint density at radius 2 is 2.16 bits per heavy atom. The summed E-state index contributed by atoms with van der Waals surface area (Å²) in [4.78, 5) is 0. The number of hydrogen-bond donors (Lipinski definition) is 1. The van der Waals surface area contributed by atoms with Crippen LogP contribution in [0.1, 0.15) is 17.2 Å². The zero-order chi connectivity index (χ0) is 12.5. The third-order valence-corrected chi connectivity index (χ3v) is 3.64. The van der Waals surface area contributed by atoms with Crippen molar-refractivity contribution in [3.8, 4) is 17.2 Å².